The van der Waals surface area contributed by atoms with Crippen LogP contribution in [-0.4, -0.2) is 31.7 Å². The number of nitrogens with zero attached hydrogens (tertiary/aromatic N) is 4. The van der Waals surface area contributed by atoms with Gasteiger partial charge >= 0.3 is 0 Å². The number of aldehydes is 1. The van der Waals surface area contributed by atoms with Gasteiger partial charge in [-0.3, -0.25) is 4.79 Å². The van der Waals surface area contributed by atoms with Gasteiger partial charge < -0.3 is 14.2 Å². The molecule has 2 aromatic heterocycles. The van der Waals surface area contributed by atoms with Crippen molar-refractivity contribution in [2.75, 3.05) is 0 Å². The minimum atomic E-state index is 0. The van der Waals surface area contributed by atoms with Crippen molar-refractivity contribution >= 4 is 6.29 Å². The van der Waals surface area contributed by atoms with E-state index in [4.69, 9.17) is 14.2 Å². The molecule has 0 amide bonds. The Morgan fingerprint density at radius 2 is 1.45 bits per heavy atom. The summed E-state index contributed by atoms with van der Waals surface area (Å²) in [5.74, 6) is 2.11. The molecule has 2 aromatic carbocycles. The van der Waals surface area contributed by atoms with Crippen molar-refractivity contribution in [1.82, 2.24) is 20.3 Å². The molecule has 0 fully saturated rings. The molecule has 0 saturated heterocycles. The molecule has 0 aliphatic heterocycles. The zero-order valence-electron chi connectivity index (χ0n) is 15.4. The Balaban J connectivity index is 0.000000200. The third-order valence-electron chi connectivity index (χ3n) is 3.70. The molecular weight excluding hydrogens is 372 g/mol. The summed E-state index contributed by atoms with van der Waals surface area (Å²) < 4.78 is 9.71. The van der Waals surface area contributed by atoms with E-state index >= 15 is 0 Å². The third-order valence-corrected chi connectivity index (χ3v) is 3.70. The number of carbonyl (C=O) groups excluding carboxylic acids is 1. The first-order valence-corrected chi connectivity index (χ1v) is 8.45. The molecule has 0 saturated carbocycles. The minimum absolute atomic E-state index is 0. The van der Waals surface area contributed by atoms with E-state index in [2.05, 4.69) is 20.3 Å². The van der Waals surface area contributed by atoms with Crippen molar-refractivity contribution in [2.45, 2.75) is 27.9 Å². The van der Waals surface area contributed by atoms with Crippen LogP contribution in [0.25, 0.3) is 22.8 Å². The smallest absolute Gasteiger partial charge is 0.223 e. The molecule has 150 valence electrons. The predicted molar refractivity (Wildman–Crippen MR) is 107 cm³/mol. The molecule has 0 aliphatic rings. The zero-order chi connectivity index (χ0) is 19.9. The van der Waals surface area contributed by atoms with E-state index in [1.807, 2.05) is 30.3 Å². The van der Waals surface area contributed by atoms with E-state index in [1.54, 1.807) is 32.0 Å². The topological polar surface area (TPSA) is 115 Å². The first-order chi connectivity index (χ1) is 13.6. The van der Waals surface area contributed by atoms with Crippen LogP contribution in [0, 0.1) is 13.8 Å². The fourth-order valence-electron chi connectivity index (χ4n) is 2.39. The molecule has 2 heterocycles. The van der Waals surface area contributed by atoms with E-state index in [0.717, 1.165) is 23.0 Å². The van der Waals surface area contributed by atoms with Crippen LogP contribution in [0.5, 0.6) is 0 Å². The van der Waals surface area contributed by atoms with Crippen molar-refractivity contribution in [1.29, 1.82) is 0 Å². The van der Waals surface area contributed by atoms with Crippen LogP contribution in [0.1, 0.15) is 35.1 Å². The lowest BCUT2D eigenvalue weighted by Crippen LogP contribution is -1.85. The molecule has 1 N–H and O–H groups in total. The van der Waals surface area contributed by atoms with Gasteiger partial charge in [0.25, 0.3) is 0 Å². The lowest BCUT2D eigenvalue weighted by atomic mass is 10.1. The van der Waals surface area contributed by atoms with E-state index < -0.39 is 0 Å². The first kappa shape index (κ1) is 21.6. The maximum Gasteiger partial charge on any atom is 0.223 e. The van der Waals surface area contributed by atoms with Gasteiger partial charge in [0.15, 0.2) is 0 Å². The number of hydrogen-bond donors (Lipinski definition) is 1. The Morgan fingerprint density at radius 1 is 0.897 bits per heavy atom. The Hall–Kier alpha value is -3.65. The summed E-state index contributed by atoms with van der Waals surface area (Å²) in [4.78, 5) is 18.7. The number of benzene rings is 2. The number of aliphatic hydroxyl groups is 1. The van der Waals surface area contributed by atoms with Gasteiger partial charge in [-0.05, 0) is 17.7 Å². The Kier molecular flexibility index (Phi) is 7.50. The second-order valence-corrected chi connectivity index (χ2v) is 5.88. The average molecular weight is 394 g/mol. The van der Waals surface area contributed by atoms with Crippen LogP contribution in [0.2, 0.25) is 0 Å². The number of aliphatic hydroxyl groups excluding tert-OH is 1. The third kappa shape index (κ3) is 5.66. The van der Waals surface area contributed by atoms with Crippen LogP contribution in [0.4, 0.5) is 0 Å². The Bertz CT molecular complexity index is 1070. The van der Waals surface area contributed by atoms with Crippen molar-refractivity contribution in [3.8, 4) is 22.8 Å². The highest BCUT2D eigenvalue weighted by Gasteiger charge is 2.06. The number of aryl methyl sites for hydroxylation is 2. The molecule has 0 bridgehead atoms. The molecule has 4 rings (SSSR count). The Morgan fingerprint density at radius 3 is 1.93 bits per heavy atom. The second-order valence-electron chi connectivity index (χ2n) is 5.88. The van der Waals surface area contributed by atoms with Crippen LogP contribution < -0.4 is 0 Å². The highest BCUT2D eigenvalue weighted by molar-refractivity contribution is 5.77. The van der Waals surface area contributed by atoms with E-state index in [9.17, 15) is 4.79 Å². The SMILES string of the molecule is C.Cc1nc(-c2cccc(C=O)c2)no1.Cc1nc(-c2cccc(CO)c2)no1. The number of aromatic nitrogens is 4. The monoisotopic (exact) mass is 394 g/mol. The van der Waals surface area contributed by atoms with Crippen molar-refractivity contribution < 1.29 is 18.9 Å². The number of carbonyl (C=O) groups is 1. The van der Waals surface area contributed by atoms with Crippen LogP contribution in [0.3, 0.4) is 0 Å². The molecule has 8 heteroatoms. The predicted octanol–water partition coefficient (Wildman–Crippen LogP) is 4.03. The second kappa shape index (κ2) is 10.0. The highest BCUT2D eigenvalue weighted by atomic mass is 16.5. The van der Waals surface area contributed by atoms with E-state index in [-0.39, 0.29) is 14.0 Å². The highest BCUT2D eigenvalue weighted by Crippen LogP contribution is 2.17. The normalized spacial score (nSPS) is 9.90. The summed E-state index contributed by atoms with van der Waals surface area (Å²) in [6, 6.07) is 14.5. The maximum absolute atomic E-state index is 10.5. The van der Waals surface area contributed by atoms with Crippen LogP contribution in [0.15, 0.2) is 57.6 Å². The molecule has 0 atom stereocenters. The quantitative estimate of drug-likeness (QED) is 0.516. The molecule has 0 radical (unpaired) electrons. The van der Waals surface area contributed by atoms with Crippen molar-refractivity contribution in [2.24, 2.45) is 0 Å². The lowest BCUT2D eigenvalue weighted by molar-refractivity contribution is 0.112. The summed E-state index contributed by atoms with van der Waals surface area (Å²) in [6.07, 6.45) is 0.788. The Labute approximate surface area is 168 Å². The average Bonchev–Trinajstić information content (AvgIpc) is 3.37. The van der Waals surface area contributed by atoms with Gasteiger partial charge in [0.2, 0.25) is 23.4 Å². The zero-order valence-corrected chi connectivity index (χ0v) is 15.4. The van der Waals surface area contributed by atoms with Gasteiger partial charge in [-0.15, -0.1) is 0 Å². The molecule has 4 aromatic rings. The largest absolute Gasteiger partial charge is 0.392 e. The maximum atomic E-state index is 10.5. The van der Waals surface area contributed by atoms with Gasteiger partial charge in [-0.2, -0.15) is 9.97 Å². The van der Waals surface area contributed by atoms with Gasteiger partial charge in [0.05, 0.1) is 6.61 Å². The molecule has 0 spiro atoms. The first-order valence-electron chi connectivity index (χ1n) is 8.45. The molecule has 8 nitrogen and oxygen atoms in total. The molecule has 0 unspecified atom stereocenters. The summed E-state index contributed by atoms with van der Waals surface area (Å²) in [6.45, 7) is 3.48. The molecular formula is C21H22N4O4. The van der Waals surface area contributed by atoms with E-state index in [1.165, 1.54) is 0 Å². The fourth-order valence-corrected chi connectivity index (χ4v) is 2.39. The summed E-state index contributed by atoms with van der Waals surface area (Å²) >= 11 is 0. The van der Waals surface area contributed by atoms with Gasteiger partial charge in [-0.1, -0.05) is 54.1 Å². The number of hydrogen-bond acceptors (Lipinski definition) is 8. The van der Waals surface area contributed by atoms with E-state index in [0.29, 0.717) is 29.0 Å². The van der Waals surface area contributed by atoms with Gasteiger partial charge in [0.1, 0.15) is 6.29 Å². The fraction of sp³-hybridized carbons (Fsp3) is 0.190. The van der Waals surface area contributed by atoms with Crippen molar-refractivity contribution in [3.63, 3.8) is 0 Å². The van der Waals surface area contributed by atoms with Gasteiger partial charge in [0, 0.05) is 30.5 Å². The lowest BCUT2D eigenvalue weighted by Gasteiger charge is -1.97. The standard InChI is InChI=1S/C10H10N2O2.C10H8N2O2.CH4/c2*1-7-11-10(12-14-7)9-4-2-3-8(5-9)6-13;/h2-5,13H,6H2,1H3;2-6H,1H3;1H4. The summed E-state index contributed by atoms with van der Waals surface area (Å²) in [7, 11) is 0. The summed E-state index contributed by atoms with van der Waals surface area (Å²) in [5, 5.41) is 16.5. The van der Waals surface area contributed by atoms with Crippen LogP contribution in [-0.2, 0) is 6.61 Å². The number of rotatable bonds is 4. The molecule has 0 aliphatic carbocycles. The van der Waals surface area contributed by atoms with Gasteiger partial charge in [-0.25, -0.2) is 0 Å². The summed E-state index contributed by atoms with van der Waals surface area (Å²) in [5.41, 5.74) is 3.08. The minimum Gasteiger partial charge on any atom is -0.392 e. The van der Waals surface area contributed by atoms with Crippen molar-refractivity contribution in [3.05, 3.63) is 71.4 Å². The van der Waals surface area contributed by atoms with Crippen LogP contribution >= 0.6 is 0 Å². The molecule has 29 heavy (non-hydrogen) atoms.